The van der Waals surface area contributed by atoms with Gasteiger partial charge < -0.3 is 21.7 Å². The molecule has 0 aliphatic heterocycles. The number of phenolic OH excluding ortho intramolecular Hbond substituents is 2. The Morgan fingerprint density at radius 1 is 0.571 bits per heavy atom. The van der Waals surface area contributed by atoms with E-state index in [4.69, 9.17) is 11.5 Å². The van der Waals surface area contributed by atoms with Crippen LogP contribution < -0.4 is 11.5 Å². The van der Waals surface area contributed by atoms with Gasteiger partial charge in [0.05, 0.1) is 11.4 Å². The number of anilines is 2. The molecular weight excluding hydrogens is 348 g/mol. The number of nitrogen functional groups attached to an aromatic ring is 2. The van der Waals surface area contributed by atoms with E-state index in [9.17, 15) is 10.2 Å². The van der Waals surface area contributed by atoms with Gasteiger partial charge in [0.25, 0.3) is 0 Å². The summed E-state index contributed by atoms with van der Waals surface area (Å²) >= 11 is 0. The van der Waals surface area contributed by atoms with Crippen molar-refractivity contribution < 1.29 is 10.2 Å². The molecule has 28 heavy (non-hydrogen) atoms. The third-order valence-corrected chi connectivity index (χ3v) is 5.81. The van der Waals surface area contributed by atoms with Gasteiger partial charge in [-0.15, -0.1) is 0 Å². The molecule has 0 saturated carbocycles. The van der Waals surface area contributed by atoms with E-state index < -0.39 is 0 Å². The summed E-state index contributed by atoms with van der Waals surface area (Å²) in [5.41, 5.74) is 16.1. The van der Waals surface area contributed by atoms with Gasteiger partial charge in [0.15, 0.2) is 0 Å². The Balaban J connectivity index is 2.05. The molecule has 146 valence electrons. The summed E-state index contributed by atoms with van der Waals surface area (Å²) in [5, 5.41) is 19.8. The van der Waals surface area contributed by atoms with Crippen LogP contribution in [-0.4, -0.2) is 10.2 Å². The summed E-state index contributed by atoms with van der Waals surface area (Å²) in [6.45, 7) is 8.53. The molecule has 0 aliphatic carbocycles. The standard InChI is InChI=1S/C24H28N2O2/c1-23(2,17-9-11-21(27)20(26)13-17)15-6-5-7-16(12-15)24(3,4)18-8-10-19(25)22(28)14-18/h5-14,27-28H,25-26H2,1-4H3. The number of hydrogen-bond donors (Lipinski definition) is 4. The zero-order valence-electron chi connectivity index (χ0n) is 16.8. The van der Waals surface area contributed by atoms with Gasteiger partial charge in [0, 0.05) is 10.8 Å². The molecule has 0 bridgehead atoms. The smallest absolute Gasteiger partial charge is 0.138 e. The topological polar surface area (TPSA) is 92.5 Å². The monoisotopic (exact) mass is 376 g/mol. The average molecular weight is 377 g/mol. The van der Waals surface area contributed by atoms with Crippen LogP contribution in [0.2, 0.25) is 0 Å². The average Bonchev–Trinajstić information content (AvgIpc) is 2.66. The van der Waals surface area contributed by atoms with Crippen molar-refractivity contribution in [1.82, 2.24) is 0 Å². The van der Waals surface area contributed by atoms with Gasteiger partial charge in [-0.2, -0.15) is 0 Å². The highest BCUT2D eigenvalue weighted by molar-refractivity contribution is 5.57. The van der Waals surface area contributed by atoms with E-state index in [0.29, 0.717) is 11.4 Å². The van der Waals surface area contributed by atoms with E-state index in [2.05, 4.69) is 52.0 Å². The first-order valence-electron chi connectivity index (χ1n) is 9.32. The fourth-order valence-corrected chi connectivity index (χ4v) is 3.51. The molecule has 3 aromatic rings. The van der Waals surface area contributed by atoms with Crippen LogP contribution in [0.3, 0.4) is 0 Å². The van der Waals surface area contributed by atoms with Crippen LogP contribution in [0.15, 0.2) is 60.7 Å². The van der Waals surface area contributed by atoms with Crippen molar-refractivity contribution in [3.05, 3.63) is 82.9 Å². The van der Waals surface area contributed by atoms with Crippen molar-refractivity contribution >= 4 is 11.4 Å². The van der Waals surface area contributed by atoms with Crippen LogP contribution >= 0.6 is 0 Å². The largest absolute Gasteiger partial charge is 0.506 e. The quantitative estimate of drug-likeness (QED) is 0.384. The predicted molar refractivity (Wildman–Crippen MR) is 116 cm³/mol. The number of hydrogen-bond acceptors (Lipinski definition) is 4. The second kappa shape index (κ2) is 6.79. The van der Waals surface area contributed by atoms with E-state index in [1.54, 1.807) is 18.2 Å². The van der Waals surface area contributed by atoms with Gasteiger partial charge in [0.1, 0.15) is 11.5 Å². The lowest BCUT2D eigenvalue weighted by atomic mass is 9.73. The second-order valence-corrected chi connectivity index (χ2v) is 8.38. The summed E-state index contributed by atoms with van der Waals surface area (Å²) in [5.74, 6) is 0.194. The Labute approximate surface area is 166 Å². The van der Waals surface area contributed by atoms with Gasteiger partial charge in [-0.05, 0) is 46.5 Å². The van der Waals surface area contributed by atoms with E-state index in [0.717, 1.165) is 22.3 Å². The Bertz CT molecular complexity index is 944. The van der Waals surface area contributed by atoms with Gasteiger partial charge in [-0.3, -0.25) is 0 Å². The highest BCUT2D eigenvalue weighted by Crippen LogP contribution is 2.39. The maximum absolute atomic E-state index is 10.0. The molecule has 0 unspecified atom stereocenters. The minimum absolute atomic E-state index is 0.0950. The maximum Gasteiger partial charge on any atom is 0.138 e. The number of aromatic hydroxyl groups is 2. The molecule has 6 N–H and O–H groups in total. The summed E-state index contributed by atoms with van der Waals surface area (Å²) in [4.78, 5) is 0. The molecule has 0 fully saturated rings. The molecule has 0 aliphatic rings. The van der Waals surface area contributed by atoms with E-state index >= 15 is 0 Å². The lowest BCUT2D eigenvalue weighted by Gasteiger charge is -2.31. The number of benzene rings is 3. The SMILES string of the molecule is CC(C)(c1cccc(C(C)(C)c2ccc(N)c(O)c2)c1)c1ccc(O)c(N)c1. The molecule has 3 rings (SSSR count). The van der Waals surface area contributed by atoms with Crippen molar-refractivity contribution in [3.63, 3.8) is 0 Å². The van der Waals surface area contributed by atoms with Crippen molar-refractivity contribution in [2.75, 3.05) is 11.5 Å². The van der Waals surface area contributed by atoms with Crippen LogP contribution in [0.25, 0.3) is 0 Å². The fraction of sp³-hybridized carbons (Fsp3) is 0.250. The molecule has 0 spiro atoms. The Kier molecular flexibility index (Phi) is 4.76. The highest BCUT2D eigenvalue weighted by Gasteiger charge is 2.28. The predicted octanol–water partition coefficient (Wildman–Crippen LogP) is 4.91. The third-order valence-electron chi connectivity index (χ3n) is 5.81. The van der Waals surface area contributed by atoms with Crippen molar-refractivity contribution in [3.8, 4) is 11.5 Å². The minimum atomic E-state index is -0.314. The first-order chi connectivity index (χ1) is 13.0. The molecule has 0 heterocycles. The minimum Gasteiger partial charge on any atom is -0.506 e. The van der Waals surface area contributed by atoms with E-state index in [-0.39, 0.29) is 22.3 Å². The van der Waals surface area contributed by atoms with E-state index in [1.807, 2.05) is 18.2 Å². The molecule has 3 aromatic carbocycles. The van der Waals surface area contributed by atoms with Gasteiger partial charge in [-0.1, -0.05) is 64.1 Å². The van der Waals surface area contributed by atoms with Crippen LogP contribution in [0.5, 0.6) is 11.5 Å². The first-order valence-corrected chi connectivity index (χ1v) is 9.32. The first kappa shape index (κ1) is 19.6. The summed E-state index contributed by atoms with van der Waals surface area (Å²) < 4.78 is 0. The number of nitrogens with two attached hydrogens (primary N) is 2. The molecule has 0 radical (unpaired) electrons. The highest BCUT2D eigenvalue weighted by atomic mass is 16.3. The van der Waals surface area contributed by atoms with Crippen LogP contribution in [0.1, 0.15) is 49.9 Å². The number of phenols is 2. The van der Waals surface area contributed by atoms with Crippen LogP contribution in [0.4, 0.5) is 11.4 Å². The van der Waals surface area contributed by atoms with Crippen molar-refractivity contribution in [2.45, 2.75) is 38.5 Å². The molecular formula is C24H28N2O2. The Morgan fingerprint density at radius 3 is 1.61 bits per heavy atom. The fourth-order valence-electron chi connectivity index (χ4n) is 3.51. The Hall–Kier alpha value is -3.14. The van der Waals surface area contributed by atoms with Crippen molar-refractivity contribution in [1.29, 1.82) is 0 Å². The number of rotatable bonds is 4. The molecule has 4 nitrogen and oxygen atoms in total. The van der Waals surface area contributed by atoms with Crippen LogP contribution in [0, 0.1) is 0 Å². The molecule has 0 aromatic heterocycles. The molecule has 0 atom stereocenters. The second-order valence-electron chi connectivity index (χ2n) is 8.38. The maximum atomic E-state index is 10.0. The summed E-state index contributed by atoms with van der Waals surface area (Å²) in [7, 11) is 0. The van der Waals surface area contributed by atoms with E-state index in [1.165, 1.54) is 0 Å². The Morgan fingerprint density at radius 2 is 1.07 bits per heavy atom. The third kappa shape index (κ3) is 3.38. The lowest BCUT2D eigenvalue weighted by Crippen LogP contribution is -2.23. The molecule has 0 saturated heterocycles. The zero-order chi connectivity index (χ0) is 20.7. The van der Waals surface area contributed by atoms with Crippen LogP contribution in [-0.2, 0) is 10.8 Å². The normalized spacial score (nSPS) is 12.1. The van der Waals surface area contributed by atoms with Gasteiger partial charge in [-0.25, -0.2) is 0 Å². The van der Waals surface area contributed by atoms with Gasteiger partial charge in [0.2, 0.25) is 0 Å². The van der Waals surface area contributed by atoms with Crippen molar-refractivity contribution in [2.24, 2.45) is 0 Å². The molecule has 4 heteroatoms. The molecule has 0 amide bonds. The summed E-state index contributed by atoms with van der Waals surface area (Å²) in [6, 6.07) is 19.2. The van der Waals surface area contributed by atoms with Gasteiger partial charge >= 0.3 is 0 Å². The summed E-state index contributed by atoms with van der Waals surface area (Å²) in [6.07, 6.45) is 0. The lowest BCUT2D eigenvalue weighted by molar-refractivity contribution is 0.475. The zero-order valence-corrected chi connectivity index (χ0v) is 16.8.